The molecule has 1 atom stereocenters. The fourth-order valence-electron chi connectivity index (χ4n) is 3.43. The molecule has 0 spiro atoms. The molecule has 0 bridgehead atoms. The van der Waals surface area contributed by atoms with E-state index in [2.05, 4.69) is 6.92 Å². The summed E-state index contributed by atoms with van der Waals surface area (Å²) in [7, 11) is 0. The highest BCUT2D eigenvalue weighted by Crippen LogP contribution is 2.20. The lowest BCUT2D eigenvalue weighted by Crippen LogP contribution is -2.17. The Labute approximate surface area is 199 Å². The quantitative estimate of drug-likeness (QED) is 0.143. The molecule has 0 aliphatic rings. The van der Waals surface area contributed by atoms with Crippen LogP contribution in [0.25, 0.3) is 0 Å². The summed E-state index contributed by atoms with van der Waals surface area (Å²) >= 11 is 0. The maximum atomic E-state index is 12.4. The van der Waals surface area contributed by atoms with Crippen LogP contribution in [0.2, 0.25) is 0 Å². The van der Waals surface area contributed by atoms with E-state index in [1.807, 2.05) is 26.0 Å². The number of ether oxygens (including phenoxy) is 4. The molecule has 0 aromatic heterocycles. The summed E-state index contributed by atoms with van der Waals surface area (Å²) in [4.78, 5) is 12.4. The van der Waals surface area contributed by atoms with Gasteiger partial charge in [-0.3, -0.25) is 0 Å². The van der Waals surface area contributed by atoms with Gasteiger partial charge in [-0.1, -0.05) is 51.9 Å². The number of benzene rings is 2. The summed E-state index contributed by atoms with van der Waals surface area (Å²) < 4.78 is 22.4. The van der Waals surface area contributed by atoms with Crippen molar-refractivity contribution >= 4 is 5.97 Å². The maximum Gasteiger partial charge on any atom is 0.343 e. The molecule has 2 aromatic carbocycles. The van der Waals surface area contributed by atoms with Crippen LogP contribution in [0.3, 0.4) is 0 Å². The Balaban J connectivity index is 1.67. The Morgan fingerprint density at radius 3 is 1.91 bits per heavy atom. The Kier molecular flexibility index (Phi) is 13.1. The van der Waals surface area contributed by atoms with Gasteiger partial charge in [0.05, 0.1) is 18.3 Å². The van der Waals surface area contributed by atoms with Crippen LogP contribution in [-0.2, 0) is 4.74 Å². The summed E-state index contributed by atoms with van der Waals surface area (Å²) in [5, 5.41) is 0. The van der Waals surface area contributed by atoms with Gasteiger partial charge in [0, 0.05) is 6.61 Å². The van der Waals surface area contributed by atoms with Gasteiger partial charge in [-0.05, 0) is 68.8 Å². The minimum atomic E-state index is -0.400. The molecule has 0 fully saturated rings. The van der Waals surface area contributed by atoms with E-state index in [4.69, 9.17) is 18.9 Å². The average Bonchev–Trinajstić information content (AvgIpc) is 2.83. The van der Waals surface area contributed by atoms with Gasteiger partial charge in [0.15, 0.2) is 0 Å². The van der Waals surface area contributed by atoms with Gasteiger partial charge in [-0.2, -0.15) is 0 Å². The van der Waals surface area contributed by atoms with Gasteiger partial charge in [0.25, 0.3) is 0 Å². The van der Waals surface area contributed by atoms with Gasteiger partial charge in [0.1, 0.15) is 23.9 Å². The molecule has 2 rings (SSSR count). The van der Waals surface area contributed by atoms with Gasteiger partial charge in [0.2, 0.25) is 0 Å². The second-order valence-electron chi connectivity index (χ2n) is 8.29. The molecule has 0 heterocycles. The summed E-state index contributed by atoms with van der Waals surface area (Å²) in [6, 6.07) is 14.1. The molecule has 0 unspecified atom stereocenters. The molecule has 0 amide bonds. The molecule has 33 heavy (non-hydrogen) atoms. The minimum absolute atomic E-state index is 0.0276. The summed E-state index contributed by atoms with van der Waals surface area (Å²) in [6.07, 6.45) is 10.2. The van der Waals surface area contributed by atoms with E-state index in [-0.39, 0.29) is 6.10 Å². The molecule has 182 valence electrons. The minimum Gasteiger partial charge on any atom is -0.494 e. The third-order valence-corrected chi connectivity index (χ3v) is 5.33. The first-order valence-electron chi connectivity index (χ1n) is 12.4. The Morgan fingerprint density at radius 2 is 1.27 bits per heavy atom. The Morgan fingerprint density at radius 1 is 0.727 bits per heavy atom. The first kappa shape index (κ1) is 26.7. The van der Waals surface area contributed by atoms with Crippen LogP contribution in [-0.4, -0.2) is 31.9 Å². The van der Waals surface area contributed by atoms with Crippen molar-refractivity contribution in [1.82, 2.24) is 0 Å². The van der Waals surface area contributed by atoms with Gasteiger partial charge < -0.3 is 18.9 Å². The van der Waals surface area contributed by atoms with Crippen molar-refractivity contribution < 1.29 is 23.7 Å². The normalized spacial score (nSPS) is 11.7. The summed E-state index contributed by atoms with van der Waals surface area (Å²) in [6.45, 7) is 8.00. The standard InChI is InChI=1S/C28H40O5/c1-4-6-7-8-9-10-11-12-21-31-25-15-13-24(14-16-25)28(29)33-27-19-17-26(18-20-27)32-22-23(3)30-5-2/h13-20,23H,4-12,21-22H2,1-3H3/t23-/m1/s1. The molecule has 2 aromatic rings. The Hall–Kier alpha value is -2.53. The topological polar surface area (TPSA) is 54.0 Å². The van der Waals surface area contributed by atoms with Crippen molar-refractivity contribution in [2.24, 2.45) is 0 Å². The van der Waals surface area contributed by atoms with Crippen LogP contribution in [0.1, 0.15) is 82.5 Å². The molecular formula is C28H40O5. The second kappa shape index (κ2) is 16.1. The molecular weight excluding hydrogens is 416 g/mol. The SMILES string of the molecule is CCCCCCCCCCOc1ccc(C(=O)Oc2ccc(OC[C@@H](C)OCC)cc2)cc1. The number of carbonyl (C=O) groups excluding carboxylic acids is 1. The van der Waals surface area contributed by atoms with E-state index in [0.717, 1.165) is 12.2 Å². The van der Waals surface area contributed by atoms with E-state index < -0.39 is 5.97 Å². The maximum absolute atomic E-state index is 12.4. The summed E-state index contributed by atoms with van der Waals surface area (Å²) in [5.41, 5.74) is 0.486. The van der Waals surface area contributed by atoms with E-state index in [9.17, 15) is 4.79 Å². The number of rotatable bonds is 17. The van der Waals surface area contributed by atoms with Crippen molar-refractivity contribution in [3.05, 3.63) is 54.1 Å². The van der Waals surface area contributed by atoms with E-state index in [1.54, 1.807) is 36.4 Å². The van der Waals surface area contributed by atoms with Crippen LogP contribution < -0.4 is 14.2 Å². The van der Waals surface area contributed by atoms with Crippen molar-refractivity contribution in [3.8, 4) is 17.2 Å². The molecule has 0 saturated carbocycles. The fraction of sp³-hybridized carbons (Fsp3) is 0.536. The number of esters is 1. The number of hydrogen-bond donors (Lipinski definition) is 0. The first-order valence-corrected chi connectivity index (χ1v) is 12.4. The van der Waals surface area contributed by atoms with Crippen LogP contribution in [0.5, 0.6) is 17.2 Å². The highest BCUT2D eigenvalue weighted by Gasteiger charge is 2.09. The van der Waals surface area contributed by atoms with E-state index >= 15 is 0 Å². The molecule has 0 aliphatic heterocycles. The third-order valence-electron chi connectivity index (χ3n) is 5.33. The largest absolute Gasteiger partial charge is 0.494 e. The summed E-state index contributed by atoms with van der Waals surface area (Å²) in [5.74, 6) is 1.56. The van der Waals surface area contributed by atoms with E-state index in [0.29, 0.717) is 36.9 Å². The molecule has 0 radical (unpaired) electrons. The number of hydrogen-bond acceptors (Lipinski definition) is 5. The van der Waals surface area contributed by atoms with Crippen LogP contribution in [0.4, 0.5) is 0 Å². The lowest BCUT2D eigenvalue weighted by Gasteiger charge is -2.13. The van der Waals surface area contributed by atoms with Crippen LogP contribution in [0, 0.1) is 0 Å². The lowest BCUT2D eigenvalue weighted by molar-refractivity contribution is 0.0402. The highest BCUT2D eigenvalue weighted by molar-refractivity contribution is 5.91. The van der Waals surface area contributed by atoms with Crippen molar-refractivity contribution in [1.29, 1.82) is 0 Å². The molecule has 5 nitrogen and oxygen atoms in total. The van der Waals surface area contributed by atoms with Crippen LogP contribution >= 0.6 is 0 Å². The van der Waals surface area contributed by atoms with Gasteiger partial charge in [-0.25, -0.2) is 4.79 Å². The first-order chi connectivity index (χ1) is 16.1. The zero-order valence-electron chi connectivity index (χ0n) is 20.5. The predicted molar refractivity (Wildman–Crippen MR) is 133 cm³/mol. The van der Waals surface area contributed by atoms with Gasteiger partial charge in [-0.15, -0.1) is 0 Å². The third kappa shape index (κ3) is 11.2. The number of unbranched alkanes of at least 4 members (excludes halogenated alkanes) is 7. The zero-order chi connectivity index (χ0) is 23.7. The predicted octanol–water partition coefficient (Wildman–Crippen LogP) is 7.23. The fourth-order valence-corrected chi connectivity index (χ4v) is 3.43. The van der Waals surface area contributed by atoms with E-state index in [1.165, 1.54) is 44.9 Å². The molecule has 5 heteroatoms. The van der Waals surface area contributed by atoms with Crippen molar-refractivity contribution in [2.45, 2.75) is 78.2 Å². The van der Waals surface area contributed by atoms with Crippen molar-refractivity contribution in [3.63, 3.8) is 0 Å². The lowest BCUT2D eigenvalue weighted by atomic mass is 10.1. The molecule has 0 N–H and O–H groups in total. The average molecular weight is 457 g/mol. The van der Waals surface area contributed by atoms with Crippen LogP contribution in [0.15, 0.2) is 48.5 Å². The monoisotopic (exact) mass is 456 g/mol. The molecule has 0 aliphatic carbocycles. The highest BCUT2D eigenvalue weighted by atomic mass is 16.5. The molecule has 0 saturated heterocycles. The Bertz CT molecular complexity index is 770. The number of carbonyl (C=O) groups is 1. The second-order valence-corrected chi connectivity index (χ2v) is 8.29. The van der Waals surface area contributed by atoms with Gasteiger partial charge >= 0.3 is 5.97 Å². The smallest absolute Gasteiger partial charge is 0.343 e. The van der Waals surface area contributed by atoms with Crippen molar-refractivity contribution in [2.75, 3.05) is 19.8 Å². The zero-order valence-corrected chi connectivity index (χ0v) is 20.5.